The van der Waals surface area contributed by atoms with Crippen LogP contribution in [0.3, 0.4) is 0 Å². The molecule has 1 aliphatic heterocycles. The van der Waals surface area contributed by atoms with E-state index >= 15 is 0 Å². The van der Waals surface area contributed by atoms with Crippen LogP contribution < -0.4 is 4.31 Å². The Morgan fingerprint density at radius 3 is 2.78 bits per heavy atom. The number of carbonyl (C=O) groups excluding carboxylic acids is 1. The lowest BCUT2D eigenvalue weighted by Gasteiger charge is -2.47. The van der Waals surface area contributed by atoms with Crippen molar-refractivity contribution in [2.24, 2.45) is 0 Å². The number of methoxy groups -OCH3 is 1. The van der Waals surface area contributed by atoms with Crippen molar-refractivity contribution in [3.8, 4) is 0 Å². The van der Waals surface area contributed by atoms with Crippen molar-refractivity contribution in [1.82, 2.24) is 0 Å². The molecule has 2 N–H and O–H groups in total. The molecule has 3 rings (SSSR count). The lowest BCUT2D eigenvalue weighted by Crippen LogP contribution is -2.34. The van der Waals surface area contributed by atoms with Crippen LogP contribution >= 0.6 is 10.8 Å². The molecule has 126 valence electrons. The van der Waals surface area contributed by atoms with Crippen molar-refractivity contribution in [2.75, 3.05) is 23.7 Å². The quantitative estimate of drug-likeness (QED) is 0.640. The highest BCUT2D eigenvalue weighted by atomic mass is 32.3. The van der Waals surface area contributed by atoms with Crippen molar-refractivity contribution in [3.05, 3.63) is 41.5 Å². The maximum absolute atomic E-state index is 12.0. The van der Waals surface area contributed by atoms with Gasteiger partial charge in [0, 0.05) is 12.5 Å². The molecule has 1 saturated heterocycles. The fourth-order valence-corrected chi connectivity index (χ4v) is 4.92. The largest absolute Gasteiger partial charge is 0.465 e. The first-order chi connectivity index (χ1) is 11.0. The third-order valence-corrected chi connectivity index (χ3v) is 6.41. The monoisotopic (exact) mass is 337 g/mol. The van der Waals surface area contributed by atoms with E-state index < -0.39 is 16.7 Å². The molecular weight excluding hydrogens is 314 g/mol. The highest BCUT2D eigenvalue weighted by Gasteiger charge is 2.28. The number of hydrogen-bond acceptors (Lipinski definition) is 5. The molecule has 0 spiro atoms. The van der Waals surface area contributed by atoms with E-state index in [9.17, 15) is 13.9 Å². The number of allylic oxidation sites excluding steroid dienone is 2. The van der Waals surface area contributed by atoms with Gasteiger partial charge in [0.1, 0.15) is 0 Å². The third kappa shape index (κ3) is 3.39. The van der Waals surface area contributed by atoms with Crippen molar-refractivity contribution >= 4 is 22.4 Å². The highest BCUT2D eigenvalue weighted by molar-refractivity contribution is 8.25. The van der Waals surface area contributed by atoms with Crippen LogP contribution in [0.15, 0.2) is 30.4 Å². The molecule has 23 heavy (non-hydrogen) atoms. The molecule has 1 fully saturated rings. The van der Waals surface area contributed by atoms with Crippen molar-refractivity contribution in [2.45, 2.75) is 31.6 Å². The predicted molar refractivity (Wildman–Crippen MR) is 93.2 cm³/mol. The molecule has 2 aliphatic rings. The second-order valence-electron chi connectivity index (χ2n) is 6.06. The van der Waals surface area contributed by atoms with E-state index in [1.807, 2.05) is 12.1 Å². The Labute approximate surface area is 138 Å². The van der Waals surface area contributed by atoms with Crippen LogP contribution in [-0.4, -0.2) is 34.5 Å². The Hall–Kier alpha value is -1.50. The summed E-state index contributed by atoms with van der Waals surface area (Å²) in [5.74, 6) is 0.252. The van der Waals surface area contributed by atoms with Crippen LogP contribution in [-0.2, 0) is 4.74 Å². The molecule has 1 aromatic carbocycles. The minimum atomic E-state index is -2.80. The number of nitrogens with zero attached hydrogens (tertiary/aromatic N) is 1. The Morgan fingerprint density at radius 2 is 2.13 bits per heavy atom. The average Bonchev–Trinajstić information content (AvgIpc) is 3.07. The summed E-state index contributed by atoms with van der Waals surface area (Å²) < 4.78 is 27.2. The van der Waals surface area contributed by atoms with E-state index in [1.54, 1.807) is 10.4 Å². The van der Waals surface area contributed by atoms with Gasteiger partial charge in [0.05, 0.1) is 24.1 Å². The number of ether oxygens (including phenoxy) is 1. The van der Waals surface area contributed by atoms with Gasteiger partial charge in [-0.25, -0.2) is 4.79 Å². The molecule has 0 saturated carbocycles. The molecule has 1 atom stereocenters. The van der Waals surface area contributed by atoms with Crippen LogP contribution in [0.25, 0.3) is 0 Å². The van der Waals surface area contributed by atoms with Gasteiger partial charge in [-0.15, -0.1) is 10.8 Å². The van der Waals surface area contributed by atoms with Crippen LogP contribution in [0.1, 0.15) is 47.5 Å². The summed E-state index contributed by atoms with van der Waals surface area (Å²) in [7, 11) is -1.44. The predicted octanol–water partition coefficient (Wildman–Crippen LogP) is 4.17. The molecular formula is C17H23NO4S. The molecule has 0 radical (unpaired) electrons. The molecule has 0 bridgehead atoms. The first kappa shape index (κ1) is 16.4. The van der Waals surface area contributed by atoms with Crippen molar-refractivity contribution < 1.29 is 18.6 Å². The molecule has 5 nitrogen and oxygen atoms in total. The van der Waals surface area contributed by atoms with Crippen LogP contribution in [0, 0.1) is 0 Å². The Balaban J connectivity index is 2.02. The van der Waals surface area contributed by atoms with Gasteiger partial charge in [-0.2, -0.15) is 0 Å². The number of esters is 1. The summed E-state index contributed by atoms with van der Waals surface area (Å²) in [6.07, 6.45) is 8.06. The molecule has 1 heterocycles. The molecule has 1 aromatic rings. The highest BCUT2D eigenvalue weighted by Crippen LogP contribution is 2.50. The van der Waals surface area contributed by atoms with E-state index in [1.165, 1.54) is 7.11 Å². The van der Waals surface area contributed by atoms with Gasteiger partial charge < -0.3 is 4.74 Å². The minimum Gasteiger partial charge on any atom is -0.465 e. The average molecular weight is 337 g/mol. The lowest BCUT2D eigenvalue weighted by molar-refractivity contribution is 0.0600. The third-order valence-electron chi connectivity index (χ3n) is 4.47. The maximum atomic E-state index is 12.0. The van der Waals surface area contributed by atoms with E-state index in [0.717, 1.165) is 31.2 Å². The summed E-state index contributed by atoms with van der Waals surface area (Å²) in [4.78, 5) is 12.0. The number of anilines is 1. The molecule has 1 aliphatic carbocycles. The van der Waals surface area contributed by atoms with Gasteiger partial charge in [-0.1, -0.05) is 12.2 Å². The topological polar surface area (TPSA) is 70.0 Å². The van der Waals surface area contributed by atoms with E-state index in [0.29, 0.717) is 23.5 Å². The molecule has 0 amide bonds. The van der Waals surface area contributed by atoms with E-state index in [2.05, 4.69) is 12.2 Å². The van der Waals surface area contributed by atoms with Gasteiger partial charge >= 0.3 is 5.97 Å². The fourth-order valence-electron chi connectivity index (χ4n) is 3.24. The zero-order valence-electron chi connectivity index (χ0n) is 13.3. The van der Waals surface area contributed by atoms with Gasteiger partial charge in [0.2, 0.25) is 0 Å². The first-order valence-corrected chi connectivity index (χ1v) is 9.62. The van der Waals surface area contributed by atoms with Crippen LogP contribution in [0.2, 0.25) is 0 Å². The first-order valence-electron chi connectivity index (χ1n) is 7.95. The summed E-state index contributed by atoms with van der Waals surface area (Å²) in [6.45, 7) is 0.590. The lowest BCUT2D eigenvalue weighted by atomic mass is 9.96. The molecule has 6 heteroatoms. The fraction of sp³-hybridized carbons (Fsp3) is 0.471. The van der Waals surface area contributed by atoms with Gasteiger partial charge in [-0.3, -0.25) is 13.4 Å². The van der Waals surface area contributed by atoms with E-state index in [-0.39, 0.29) is 5.92 Å². The number of carbonyl (C=O) groups is 1. The standard InChI is InChI=1S/C17H23NO4S/c1-22-17(19)15-10-14(13-6-2-3-7-13)11-16(12-15)18-8-4-5-9-23(18,20)21/h2,6,10-13,20-21H,3-5,7-9H2,1H3. The number of hydrogen-bond donors (Lipinski definition) is 2. The van der Waals surface area contributed by atoms with Crippen LogP contribution in [0.5, 0.6) is 0 Å². The summed E-state index contributed by atoms with van der Waals surface area (Å²) >= 11 is 0. The number of rotatable bonds is 3. The second kappa shape index (κ2) is 6.55. The van der Waals surface area contributed by atoms with Gasteiger partial charge in [0.15, 0.2) is 0 Å². The SMILES string of the molecule is COC(=O)c1cc(C2C=CCC2)cc(N2CCCCS2(O)O)c1. The van der Waals surface area contributed by atoms with Crippen molar-refractivity contribution in [3.63, 3.8) is 0 Å². The van der Waals surface area contributed by atoms with E-state index in [4.69, 9.17) is 4.74 Å². The summed E-state index contributed by atoms with van der Waals surface area (Å²) in [6, 6.07) is 5.53. The van der Waals surface area contributed by atoms with Gasteiger partial charge in [0.25, 0.3) is 0 Å². The summed E-state index contributed by atoms with van der Waals surface area (Å²) in [5, 5.41) is 0. The number of benzene rings is 1. The van der Waals surface area contributed by atoms with Gasteiger partial charge in [-0.05, 0) is 49.4 Å². The zero-order valence-corrected chi connectivity index (χ0v) is 14.1. The summed E-state index contributed by atoms with van der Waals surface area (Å²) in [5.41, 5.74) is 2.18. The smallest absolute Gasteiger partial charge is 0.337 e. The normalized spacial score (nSPS) is 24.5. The molecule has 0 aromatic heterocycles. The minimum absolute atomic E-state index is 0.268. The Morgan fingerprint density at radius 1 is 1.30 bits per heavy atom. The van der Waals surface area contributed by atoms with Crippen molar-refractivity contribution in [1.29, 1.82) is 0 Å². The second-order valence-corrected chi connectivity index (χ2v) is 8.18. The Kier molecular flexibility index (Phi) is 4.66. The maximum Gasteiger partial charge on any atom is 0.337 e. The van der Waals surface area contributed by atoms with Crippen LogP contribution in [0.4, 0.5) is 5.69 Å². The zero-order chi connectivity index (χ0) is 16.4. The molecule has 1 unspecified atom stereocenters. The Bertz CT molecular complexity index is 629.